The van der Waals surface area contributed by atoms with Crippen LogP contribution in [0.25, 0.3) is 0 Å². The van der Waals surface area contributed by atoms with Crippen LogP contribution in [-0.4, -0.2) is 98.9 Å². The van der Waals surface area contributed by atoms with Crippen molar-refractivity contribution >= 4 is 43.8 Å². The fraction of sp³-hybridized carbons (Fsp3) is 0.900. The fourth-order valence-corrected chi connectivity index (χ4v) is 29.8. The molecule has 0 aromatic heterocycles. The molecule has 91 heavy (non-hydrogen) atoms. The Labute approximate surface area is 572 Å². The van der Waals surface area contributed by atoms with E-state index in [1.165, 1.54) is 289 Å². The van der Waals surface area contributed by atoms with Gasteiger partial charge in [0.2, 0.25) is 0 Å². The number of rotatable bonds is 63. The molecule has 0 aliphatic carbocycles. The smallest absolute Gasteiger partial charge is 0.125 e. The summed E-state index contributed by atoms with van der Waals surface area (Å²) < 4.78 is 32.2. The third-order valence-electron chi connectivity index (χ3n) is 19.5. The predicted molar refractivity (Wildman–Crippen MR) is 412 cm³/mol. The number of aromatic carboxylic acids is 2. The van der Waals surface area contributed by atoms with Crippen molar-refractivity contribution in [1.29, 1.82) is 0 Å². The van der Waals surface area contributed by atoms with Crippen molar-refractivity contribution in [3.05, 3.63) is 29.3 Å². The van der Waals surface area contributed by atoms with Crippen molar-refractivity contribution in [2.24, 2.45) is 0 Å². The number of hydrogen-bond acceptors (Lipinski definition) is 7. The van der Waals surface area contributed by atoms with Crippen LogP contribution < -0.4 is 10.2 Å². The lowest BCUT2D eigenvalue weighted by Crippen LogP contribution is -2.29. The molecular weight excluding hydrogens is 1200 g/mol. The van der Waals surface area contributed by atoms with E-state index in [9.17, 15) is 32.8 Å². The average molecular weight is 1360 g/mol. The van der Waals surface area contributed by atoms with Gasteiger partial charge in [0.05, 0.1) is 90.8 Å². The molecule has 0 N–H and O–H groups in total. The lowest BCUT2D eigenvalue weighted by Gasteiger charge is -2.28. The van der Waals surface area contributed by atoms with Gasteiger partial charge in [-0.3, -0.25) is 0 Å². The number of carboxylic acids is 2. The molecule has 1 aromatic rings. The highest BCUT2D eigenvalue weighted by Crippen LogP contribution is 2.63. The minimum atomic E-state index is -5.25. The molecule has 7 nitrogen and oxygen atoms in total. The van der Waals surface area contributed by atoms with E-state index in [-0.39, 0.29) is 0 Å². The van der Waals surface area contributed by atoms with Gasteiger partial charge in [0, 0.05) is 32.9 Å². The van der Waals surface area contributed by atoms with Gasteiger partial charge in [-0.15, -0.1) is 0 Å². The Hall–Kier alpha value is -0.640. The highest BCUT2D eigenvalue weighted by atomic mass is 32.2. The number of carboxylic acid groups (broad SMARTS) is 2. The van der Waals surface area contributed by atoms with Crippen molar-refractivity contribution in [2.75, 3.05) is 73.9 Å². The van der Waals surface area contributed by atoms with Crippen LogP contribution in [-0.2, 0) is 10.1 Å². The topological polar surface area (TPSA) is 137 Å². The van der Waals surface area contributed by atoms with Crippen LogP contribution in [0, 0.1) is 0 Å². The second-order valence-corrected chi connectivity index (χ2v) is 42.9. The monoisotopic (exact) mass is 1360 g/mol. The van der Waals surface area contributed by atoms with Crippen LogP contribution in [0.2, 0.25) is 0 Å². The number of carbonyl (C=O) groups is 2. The standard InChI is InChI=1S/3C24H52P.C8H6O7S/c3*1-5-9-13-14-15-16-17-18-19-20-24-25(21-10-6-2,22-11-7-3)23-12-8-4;9-7(10)4-2-1-3-5(8(11)12)6(4)16(13,14)15/h3*5-24H2,1-4H3;1-3H,(H,9,10)(H,11,12)(H,13,14,15)/q3*+1;/p-3. The molecule has 11 heteroatoms. The maximum Gasteiger partial charge on any atom is 0.125 e. The lowest BCUT2D eigenvalue weighted by atomic mass is 10.1. The van der Waals surface area contributed by atoms with Crippen molar-refractivity contribution in [3.8, 4) is 0 Å². The first-order valence-corrected chi connectivity index (χ1v) is 49.0. The molecule has 542 valence electrons. The Balaban J connectivity index is -0.00000115. The van der Waals surface area contributed by atoms with Crippen LogP contribution in [0.4, 0.5) is 0 Å². The van der Waals surface area contributed by atoms with Crippen LogP contribution in [0.5, 0.6) is 0 Å². The molecule has 0 aliphatic rings. The largest absolute Gasteiger partial charge is 0.744 e. The second kappa shape index (κ2) is 67.9. The maximum absolute atomic E-state index is 10.7. The minimum absolute atomic E-state index is 0.620. The Morgan fingerprint density at radius 1 is 0.264 bits per heavy atom. The molecule has 0 atom stereocenters. The normalized spacial score (nSPS) is 11.8. The van der Waals surface area contributed by atoms with Gasteiger partial charge in [0.1, 0.15) is 10.1 Å². The number of unbranched alkanes of at least 4 members (excludes halogenated alkanes) is 36. The number of hydrogen-bond donors (Lipinski definition) is 0. The van der Waals surface area contributed by atoms with Gasteiger partial charge >= 0.3 is 0 Å². The summed E-state index contributed by atoms with van der Waals surface area (Å²) in [5.74, 6) is -3.92. The molecule has 0 aliphatic heterocycles. The van der Waals surface area contributed by atoms with Crippen molar-refractivity contribution in [2.45, 2.75) is 396 Å². The van der Waals surface area contributed by atoms with E-state index < -0.39 is 59.9 Å². The van der Waals surface area contributed by atoms with Gasteiger partial charge in [-0.1, -0.05) is 313 Å². The average Bonchev–Trinajstić information content (AvgIpc) is 0.879. The first-order valence-electron chi connectivity index (χ1n) is 40.0. The molecule has 0 amide bonds. The molecule has 0 radical (unpaired) electrons. The van der Waals surface area contributed by atoms with E-state index in [4.69, 9.17) is 0 Å². The fourth-order valence-electron chi connectivity index (χ4n) is 13.4. The van der Waals surface area contributed by atoms with E-state index in [1.54, 1.807) is 93.2 Å². The Morgan fingerprint density at radius 2 is 0.407 bits per heavy atom. The molecule has 0 saturated carbocycles. The summed E-state index contributed by atoms with van der Waals surface area (Å²) in [4.78, 5) is 19.7. The van der Waals surface area contributed by atoms with E-state index in [2.05, 4.69) is 83.1 Å². The molecule has 1 aromatic carbocycles. The number of carbonyl (C=O) groups excluding carboxylic acids is 2. The van der Waals surface area contributed by atoms with Crippen LogP contribution >= 0.6 is 21.8 Å². The first kappa shape index (κ1) is 94.5. The van der Waals surface area contributed by atoms with Gasteiger partial charge in [-0.25, -0.2) is 8.42 Å². The quantitative estimate of drug-likeness (QED) is 0.0360. The Kier molecular flexibility index (Phi) is 70.6. The van der Waals surface area contributed by atoms with Gasteiger partial charge in [0.15, 0.2) is 0 Å². The summed E-state index contributed by atoms with van der Waals surface area (Å²) in [7, 11) is -7.10. The molecule has 0 heterocycles. The molecule has 1 rings (SSSR count). The Bertz CT molecular complexity index is 1600. The summed E-state index contributed by atoms with van der Waals surface area (Å²) in [6.45, 7) is 28.4. The third-order valence-corrected chi connectivity index (χ3v) is 35.7. The van der Waals surface area contributed by atoms with Gasteiger partial charge in [-0.05, 0) is 96.3 Å². The van der Waals surface area contributed by atoms with E-state index in [1.807, 2.05) is 0 Å². The van der Waals surface area contributed by atoms with E-state index in [0.717, 1.165) is 18.2 Å². The van der Waals surface area contributed by atoms with Crippen LogP contribution in [0.3, 0.4) is 0 Å². The van der Waals surface area contributed by atoms with Gasteiger partial charge in [-0.2, -0.15) is 0 Å². The van der Waals surface area contributed by atoms with E-state index >= 15 is 0 Å². The molecule has 0 saturated heterocycles. The summed E-state index contributed by atoms with van der Waals surface area (Å²) in [5, 5.41) is 21.0. The molecular formula is C80H159O7P3S. The maximum atomic E-state index is 10.7. The zero-order valence-corrected chi connectivity index (χ0v) is 66.8. The zero-order chi connectivity index (χ0) is 68.4. The van der Waals surface area contributed by atoms with Gasteiger partial charge in [0.25, 0.3) is 0 Å². The summed E-state index contributed by atoms with van der Waals surface area (Å²) >= 11 is 0. The van der Waals surface area contributed by atoms with Crippen LogP contribution in [0.1, 0.15) is 412 Å². The molecule has 0 unspecified atom stereocenters. The summed E-state index contributed by atoms with van der Waals surface area (Å²) in [5.41, 5.74) is -2.01. The predicted octanol–water partition coefficient (Wildman–Crippen LogP) is 25.3. The Morgan fingerprint density at radius 3 is 0.549 bits per heavy atom. The van der Waals surface area contributed by atoms with Crippen molar-refractivity contribution in [3.63, 3.8) is 0 Å². The highest BCUT2D eigenvalue weighted by molar-refractivity contribution is 7.86. The summed E-state index contributed by atoms with van der Waals surface area (Å²) in [6.07, 6.45) is 89.9. The minimum Gasteiger partial charge on any atom is -0.744 e. The second-order valence-electron chi connectivity index (χ2n) is 28.1. The third kappa shape index (κ3) is 55.0. The number of benzene rings is 1. The first-order chi connectivity index (χ1) is 44.0. The highest BCUT2D eigenvalue weighted by Gasteiger charge is 2.37. The van der Waals surface area contributed by atoms with Crippen LogP contribution in [0.15, 0.2) is 23.1 Å². The van der Waals surface area contributed by atoms with Gasteiger partial charge < -0.3 is 24.4 Å². The SMILES string of the molecule is CCCCCCCCCCCC[P+](CCCC)(CCCC)CCCC.CCCCCCCCCCCC[P+](CCCC)(CCCC)CCCC.CCCCCCCCCCCC[P+](CCCC)(CCCC)CCCC.O=C([O-])c1cccc(C(=O)[O-])c1S(=O)(=O)[O-]. The van der Waals surface area contributed by atoms with Crippen molar-refractivity contribution in [1.82, 2.24) is 0 Å². The lowest BCUT2D eigenvalue weighted by molar-refractivity contribution is -0.255. The van der Waals surface area contributed by atoms with Crippen molar-refractivity contribution < 1.29 is 32.8 Å². The molecule has 0 fully saturated rings. The molecule has 0 spiro atoms. The summed E-state index contributed by atoms with van der Waals surface area (Å²) in [6, 6.07) is 2.48. The zero-order valence-electron chi connectivity index (χ0n) is 63.3. The van der Waals surface area contributed by atoms with E-state index in [0.29, 0.717) is 0 Å². The molecule has 0 bridgehead atoms.